The van der Waals surface area contributed by atoms with E-state index >= 15 is 0 Å². The molecule has 1 aromatic rings. The van der Waals surface area contributed by atoms with Crippen molar-refractivity contribution in [2.24, 2.45) is 5.73 Å². The molecule has 0 saturated carbocycles. The van der Waals surface area contributed by atoms with Crippen molar-refractivity contribution < 1.29 is 4.74 Å². The zero-order valence-electron chi connectivity index (χ0n) is 11.9. The van der Waals surface area contributed by atoms with Crippen LogP contribution in [0.3, 0.4) is 0 Å². The standard InChI is InChI=1S/C16H24N2O/c1-11(17)12-4-3-5-15(8-12)19-16-9-13-6-7-14(10-16)18(13)2/h3-5,8,11,13-14,16H,6-7,9-10,17H2,1-2H3. The van der Waals surface area contributed by atoms with Gasteiger partial charge in [-0.05, 0) is 57.4 Å². The highest BCUT2D eigenvalue weighted by Crippen LogP contribution is 2.36. The van der Waals surface area contributed by atoms with Crippen LogP contribution in [-0.4, -0.2) is 30.1 Å². The highest BCUT2D eigenvalue weighted by Gasteiger charge is 2.39. The molecule has 3 unspecified atom stereocenters. The molecule has 2 N–H and O–H groups in total. The highest BCUT2D eigenvalue weighted by atomic mass is 16.5. The first kappa shape index (κ1) is 12.9. The van der Waals surface area contributed by atoms with Crippen LogP contribution in [0.15, 0.2) is 24.3 Å². The molecule has 0 amide bonds. The number of hydrogen-bond donors (Lipinski definition) is 1. The fraction of sp³-hybridized carbons (Fsp3) is 0.625. The van der Waals surface area contributed by atoms with Gasteiger partial charge in [-0.3, -0.25) is 0 Å². The number of nitrogens with two attached hydrogens (primary N) is 1. The lowest BCUT2D eigenvalue weighted by Crippen LogP contribution is -2.43. The molecule has 2 bridgehead atoms. The summed E-state index contributed by atoms with van der Waals surface area (Å²) in [7, 11) is 2.26. The molecule has 2 fully saturated rings. The first-order chi connectivity index (χ1) is 9.13. The minimum atomic E-state index is 0.0669. The lowest BCUT2D eigenvalue weighted by Gasteiger charge is -2.36. The summed E-state index contributed by atoms with van der Waals surface area (Å²) in [5.41, 5.74) is 7.07. The Labute approximate surface area is 115 Å². The Hall–Kier alpha value is -1.06. The number of benzene rings is 1. The minimum absolute atomic E-state index is 0.0669. The molecule has 3 rings (SSSR count). The Bertz CT molecular complexity index is 432. The molecule has 3 atom stereocenters. The lowest BCUT2D eigenvalue weighted by atomic mass is 10.0. The highest BCUT2D eigenvalue weighted by molar-refractivity contribution is 5.30. The van der Waals surface area contributed by atoms with Crippen molar-refractivity contribution in [1.82, 2.24) is 4.90 Å². The van der Waals surface area contributed by atoms with Crippen molar-refractivity contribution in [3.8, 4) is 5.75 Å². The molecular formula is C16H24N2O. The zero-order valence-corrected chi connectivity index (χ0v) is 11.9. The number of rotatable bonds is 3. The number of hydrogen-bond acceptors (Lipinski definition) is 3. The van der Waals surface area contributed by atoms with E-state index in [0.29, 0.717) is 6.10 Å². The van der Waals surface area contributed by atoms with Crippen molar-refractivity contribution in [1.29, 1.82) is 0 Å². The summed E-state index contributed by atoms with van der Waals surface area (Å²) in [6.07, 6.45) is 5.36. The van der Waals surface area contributed by atoms with Crippen LogP contribution in [0.25, 0.3) is 0 Å². The third kappa shape index (κ3) is 2.63. The van der Waals surface area contributed by atoms with Crippen LogP contribution in [0.1, 0.15) is 44.2 Å². The molecule has 0 aliphatic carbocycles. The van der Waals surface area contributed by atoms with Crippen molar-refractivity contribution in [3.05, 3.63) is 29.8 Å². The van der Waals surface area contributed by atoms with Gasteiger partial charge in [0, 0.05) is 18.1 Å². The molecular weight excluding hydrogens is 236 g/mol. The third-order valence-corrected chi connectivity index (χ3v) is 4.74. The van der Waals surface area contributed by atoms with E-state index < -0.39 is 0 Å². The van der Waals surface area contributed by atoms with Gasteiger partial charge in [0.15, 0.2) is 0 Å². The van der Waals surface area contributed by atoms with E-state index in [0.717, 1.165) is 36.2 Å². The van der Waals surface area contributed by atoms with Crippen molar-refractivity contribution >= 4 is 0 Å². The molecule has 1 aromatic carbocycles. The summed E-state index contributed by atoms with van der Waals surface area (Å²) < 4.78 is 6.19. The molecule has 0 radical (unpaired) electrons. The quantitative estimate of drug-likeness (QED) is 0.908. The number of piperidine rings is 1. The Morgan fingerprint density at radius 1 is 1.26 bits per heavy atom. The zero-order chi connectivity index (χ0) is 13.4. The molecule has 3 heteroatoms. The maximum absolute atomic E-state index is 6.19. The van der Waals surface area contributed by atoms with Crippen LogP contribution in [0, 0.1) is 0 Å². The molecule has 0 spiro atoms. The second-order valence-corrected chi connectivity index (χ2v) is 6.12. The molecule has 2 aliphatic rings. The SMILES string of the molecule is CC(N)c1cccc(OC2CC3CCC(C2)N3C)c1. The van der Waals surface area contributed by atoms with Crippen molar-refractivity contribution in [3.63, 3.8) is 0 Å². The van der Waals surface area contributed by atoms with Crippen LogP contribution < -0.4 is 10.5 Å². The molecule has 19 heavy (non-hydrogen) atoms. The van der Waals surface area contributed by atoms with Gasteiger partial charge in [0.1, 0.15) is 11.9 Å². The first-order valence-corrected chi connectivity index (χ1v) is 7.37. The Morgan fingerprint density at radius 2 is 1.95 bits per heavy atom. The number of ether oxygens (including phenoxy) is 1. The van der Waals surface area contributed by atoms with E-state index in [9.17, 15) is 0 Å². The normalized spacial score (nSPS) is 32.3. The van der Waals surface area contributed by atoms with E-state index in [-0.39, 0.29) is 6.04 Å². The average molecular weight is 260 g/mol. The number of nitrogens with zero attached hydrogens (tertiary/aromatic N) is 1. The van der Waals surface area contributed by atoms with Gasteiger partial charge in [0.2, 0.25) is 0 Å². The van der Waals surface area contributed by atoms with Crippen molar-refractivity contribution in [2.45, 2.75) is 56.8 Å². The molecule has 2 aliphatic heterocycles. The maximum atomic E-state index is 6.19. The maximum Gasteiger partial charge on any atom is 0.120 e. The second kappa shape index (κ2) is 5.14. The summed E-state index contributed by atoms with van der Waals surface area (Å²) in [5, 5.41) is 0. The van der Waals surface area contributed by atoms with Gasteiger partial charge < -0.3 is 15.4 Å². The third-order valence-electron chi connectivity index (χ3n) is 4.74. The summed E-state index contributed by atoms with van der Waals surface area (Å²) in [6.45, 7) is 2.01. The van der Waals surface area contributed by atoms with Gasteiger partial charge in [0.05, 0.1) is 0 Å². The van der Waals surface area contributed by atoms with Crippen LogP contribution in [-0.2, 0) is 0 Å². The molecule has 2 heterocycles. The molecule has 104 valence electrons. The average Bonchev–Trinajstić information content (AvgIpc) is 2.63. The summed E-state index contributed by atoms with van der Waals surface area (Å²) in [4.78, 5) is 2.54. The van der Waals surface area contributed by atoms with E-state index in [1.165, 1.54) is 12.8 Å². The largest absolute Gasteiger partial charge is 0.490 e. The summed E-state index contributed by atoms with van der Waals surface area (Å²) >= 11 is 0. The van der Waals surface area contributed by atoms with Gasteiger partial charge in [0.25, 0.3) is 0 Å². The van der Waals surface area contributed by atoms with Crippen LogP contribution in [0.5, 0.6) is 5.75 Å². The van der Waals surface area contributed by atoms with Gasteiger partial charge >= 0.3 is 0 Å². The smallest absolute Gasteiger partial charge is 0.120 e. The molecule has 2 saturated heterocycles. The number of fused-ring (bicyclic) bond motifs is 2. The monoisotopic (exact) mass is 260 g/mol. The molecule has 0 aromatic heterocycles. The molecule has 3 nitrogen and oxygen atoms in total. The van der Waals surface area contributed by atoms with Gasteiger partial charge in [-0.25, -0.2) is 0 Å². The van der Waals surface area contributed by atoms with E-state index in [4.69, 9.17) is 10.5 Å². The van der Waals surface area contributed by atoms with Crippen LogP contribution in [0.4, 0.5) is 0 Å². The predicted octanol–water partition coefficient (Wildman–Crippen LogP) is 2.71. The Balaban J connectivity index is 1.67. The first-order valence-electron chi connectivity index (χ1n) is 7.37. The van der Waals surface area contributed by atoms with Crippen molar-refractivity contribution in [2.75, 3.05) is 7.05 Å². The van der Waals surface area contributed by atoms with Crippen LogP contribution >= 0.6 is 0 Å². The minimum Gasteiger partial charge on any atom is -0.490 e. The topological polar surface area (TPSA) is 38.5 Å². The lowest BCUT2D eigenvalue weighted by molar-refractivity contribution is 0.0661. The van der Waals surface area contributed by atoms with E-state index in [1.807, 2.05) is 19.1 Å². The van der Waals surface area contributed by atoms with Crippen LogP contribution in [0.2, 0.25) is 0 Å². The fourth-order valence-corrected chi connectivity index (χ4v) is 3.52. The Kier molecular flexibility index (Phi) is 3.50. The predicted molar refractivity (Wildman–Crippen MR) is 77.3 cm³/mol. The van der Waals surface area contributed by atoms with Gasteiger partial charge in [-0.2, -0.15) is 0 Å². The fourth-order valence-electron chi connectivity index (χ4n) is 3.52. The van der Waals surface area contributed by atoms with Gasteiger partial charge in [-0.15, -0.1) is 0 Å². The summed E-state index contributed by atoms with van der Waals surface area (Å²) in [6, 6.07) is 9.75. The van der Waals surface area contributed by atoms with E-state index in [1.54, 1.807) is 0 Å². The van der Waals surface area contributed by atoms with Gasteiger partial charge in [-0.1, -0.05) is 12.1 Å². The second-order valence-electron chi connectivity index (χ2n) is 6.12. The van der Waals surface area contributed by atoms with E-state index in [2.05, 4.69) is 24.1 Å². The Morgan fingerprint density at radius 3 is 2.58 bits per heavy atom. The summed E-state index contributed by atoms with van der Waals surface area (Å²) in [5.74, 6) is 0.976.